The number of aliphatic imine (C=N–C) groups is 1. The Morgan fingerprint density at radius 1 is 0.829 bits per heavy atom. The number of carbonyl (C=O) groups is 2. The molecule has 1 heterocycles. The topological polar surface area (TPSA) is 125 Å². The largest absolute Gasteiger partial charge is 0.493 e. The van der Waals surface area contributed by atoms with Crippen molar-refractivity contribution in [3.63, 3.8) is 0 Å². The lowest BCUT2D eigenvalue weighted by Crippen LogP contribution is -2.29. The maximum Gasteiger partial charge on any atom is 0.329 e. The summed E-state index contributed by atoms with van der Waals surface area (Å²) < 4.78 is 32.3. The van der Waals surface area contributed by atoms with Crippen LogP contribution in [0.15, 0.2) is 40.2 Å². The van der Waals surface area contributed by atoms with Gasteiger partial charge in [-0.05, 0) is 11.8 Å². The van der Waals surface area contributed by atoms with Crippen LogP contribution < -0.4 is 33.3 Å². The third kappa shape index (κ3) is 5.06. The average molecular weight is 505 g/mol. The number of carboxylic acids is 1. The molecule has 1 fully saturated rings. The Labute approximate surface area is 205 Å². The molecule has 3 rings (SSSR count). The summed E-state index contributed by atoms with van der Waals surface area (Å²) in [6.07, 6.45) is 0.829. The summed E-state index contributed by atoms with van der Waals surface area (Å²) in [4.78, 5) is 30.4. The monoisotopic (exact) mass is 504 g/mol. The molecule has 0 saturated carbocycles. The molecule has 0 atom stereocenters. The van der Waals surface area contributed by atoms with Crippen LogP contribution >= 0.6 is 11.8 Å². The lowest BCUT2D eigenvalue weighted by molar-refractivity contribution is -0.131. The summed E-state index contributed by atoms with van der Waals surface area (Å²) in [5, 5.41) is 9.43. The van der Waals surface area contributed by atoms with Crippen molar-refractivity contribution in [1.82, 2.24) is 0 Å². The molecule has 186 valence electrons. The number of carboxylic acid groups (broad SMARTS) is 1. The van der Waals surface area contributed by atoms with E-state index >= 15 is 0 Å². The third-order valence-corrected chi connectivity index (χ3v) is 5.81. The number of anilines is 1. The molecule has 35 heavy (non-hydrogen) atoms. The predicted molar refractivity (Wildman–Crippen MR) is 130 cm³/mol. The smallest absolute Gasteiger partial charge is 0.329 e. The third-order valence-electron chi connectivity index (χ3n) is 4.84. The molecule has 2 aromatic rings. The van der Waals surface area contributed by atoms with Crippen molar-refractivity contribution in [1.29, 1.82) is 0 Å². The first-order valence-electron chi connectivity index (χ1n) is 9.97. The lowest BCUT2D eigenvalue weighted by atomic mass is 10.2. The van der Waals surface area contributed by atoms with Crippen molar-refractivity contribution in [2.45, 2.75) is 0 Å². The second-order valence-electron chi connectivity index (χ2n) is 6.75. The van der Waals surface area contributed by atoms with Crippen molar-refractivity contribution in [2.24, 2.45) is 4.99 Å². The first-order valence-corrected chi connectivity index (χ1v) is 10.8. The summed E-state index contributed by atoms with van der Waals surface area (Å²) in [5.74, 6) is 0.203. The van der Waals surface area contributed by atoms with E-state index in [-0.39, 0.29) is 10.1 Å². The zero-order chi connectivity index (χ0) is 25.7. The van der Waals surface area contributed by atoms with Crippen LogP contribution in [0.1, 0.15) is 0 Å². The van der Waals surface area contributed by atoms with Crippen LogP contribution in [0.2, 0.25) is 0 Å². The molecular formula is C23H24N2O9S. The van der Waals surface area contributed by atoms with Crippen LogP contribution in [0, 0.1) is 0 Å². The van der Waals surface area contributed by atoms with Crippen LogP contribution in [-0.4, -0.2) is 64.8 Å². The SMILES string of the molecule is COc1cc(N=C2S/C(=C\C(=O)O)C(=O)N2c2cc(OC)c(OC)c(OC)c2)cc(OC)c1OC. The fraction of sp³-hybridized carbons (Fsp3) is 0.261. The molecule has 1 amide bonds. The average Bonchev–Trinajstić information content (AvgIpc) is 3.15. The number of rotatable bonds is 9. The fourth-order valence-corrected chi connectivity index (χ4v) is 4.29. The Hall–Kier alpha value is -4.06. The second kappa shape index (κ2) is 10.9. The first kappa shape index (κ1) is 25.6. The number of ether oxygens (including phenoxy) is 6. The van der Waals surface area contributed by atoms with Crippen molar-refractivity contribution in [3.8, 4) is 34.5 Å². The van der Waals surface area contributed by atoms with E-state index in [1.807, 2.05) is 0 Å². The van der Waals surface area contributed by atoms with Crippen molar-refractivity contribution < 1.29 is 43.1 Å². The lowest BCUT2D eigenvalue weighted by Gasteiger charge is -2.20. The maximum atomic E-state index is 13.3. The predicted octanol–water partition coefficient (Wildman–Crippen LogP) is 3.47. The number of methoxy groups -OCH3 is 6. The van der Waals surface area contributed by atoms with E-state index < -0.39 is 11.9 Å². The van der Waals surface area contributed by atoms with E-state index in [1.54, 1.807) is 24.3 Å². The molecule has 1 aliphatic rings. The van der Waals surface area contributed by atoms with E-state index in [0.29, 0.717) is 45.9 Å². The van der Waals surface area contributed by atoms with Crippen LogP contribution in [0.3, 0.4) is 0 Å². The summed E-state index contributed by atoms with van der Waals surface area (Å²) in [5.41, 5.74) is 0.709. The van der Waals surface area contributed by atoms with Gasteiger partial charge < -0.3 is 33.5 Å². The molecule has 0 aliphatic carbocycles. The molecule has 0 unspecified atom stereocenters. The molecule has 12 heteroatoms. The molecule has 2 aromatic carbocycles. The number of thioether (sulfide) groups is 1. The van der Waals surface area contributed by atoms with Crippen LogP contribution in [-0.2, 0) is 9.59 Å². The summed E-state index contributed by atoms with van der Waals surface area (Å²) in [6, 6.07) is 6.33. The molecule has 0 spiro atoms. The van der Waals surface area contributed by atoms with Gasteiger partial charge in [-0.1, -0.05) is 0 Å². The minimum Gasteiger partial charge on any atom is -0.493 e. The first-order chi connectivity index (χ1) is 16.8. The van der Waals surface area contributed by atoms with E-state index in [1.165, 1.54) is 47.6 Å². The van der Waals surface area contributed by atoms with Gasteiger partial charge in [0.2, 0.25) is 11.5 Å². The van der Waals surface area contributed by atoms with Crippen molar-refractivity contribution in [3.05, 3.63) is 35.2 Å². The highest BCUT2D eigenvalue weighted by molar-refractivity contribution is 8.19. The van der Waals surface area contributed by atoms with Gasteiger partial charge >= 0.3 is 5.97 Å². The molecule has 11 nitrogen and oxygen atoms in total. The summed E-state index contributed by atoms with van der Waals surface area (Å²) >= 11 is 0.900. The second-order valence-corrected chi connectivity index (χ2v) is 7.76. The number of amides is 1. The van der Waals surface area contributed by atoms with Gasteiger partial charge in [0, 0.05) is 30.3 Å². The molecule has 1 aliphatic heterocycles. The van der Waals surface area contributed by atoms with Crippen LogP contribution in [0.25, 0.3) is 0 Å². The molecule has 0 bridgehead atoms. The quantitative estimate of drug-likeness (QED) is 0.507. The van der Waals surface area contributed by atoms with E-state index in [0.717, 1.165) is 17.8 Å². The zero-order valence-corrected chi connectivity index (χ0v) is 20.7. The van der Waals surface area contributed by atoms with Crippen molar-refractivity contribution in [2.75, 3.05) is 47.6 Å². The molecule has 0 aromatic heterocycles. The van der Waals surface area contributed by atoms with Gasteiger partial charge in [-0.2, -0.15) is 0 Å². The van der Waals surface area contributed by atoms with E-state index in [2.05, 4.69) is 4.99 Å². The molecule has 1 saturated heterocycles. The number of hydrogen-bond donors (Lipinski definition) is 1. The van der Waals surface area contributed by atoms with E-state index in [4.69, 9.17) is 28.4 Å². The van der Waals surface area contributed by atoms with Gasteiger partial charge in [-0.25, -0.2) is 9.79 Å². The van der Waals surface area contributed by atoms with Gasteiger partial charge in [0.25, 0.3) is 5.91 Å². The minimum atomic E-state index is -1.26. The highest BCUT2D eigenvalue weighted by atomic mass is 32.2. The van der Waals surface area contributed by atoms with Gasteiger partial charge in [-0.3, -0.25) is 9.69 Å². The normalized spacial score (nSPS) is 15.4. The molecule has 0 radical (unpaired) electrons. The number of nitrogens with zero attached hydrogens (tertiary/aromatic N) is 2. The van der Waals surface area contributed by atoms with Crippen molar-refractivity contribution >= 4 is 40.2 Å². The zero-order valence-electron chi connectivity index (χ0n) is 19.9. The number of amidine groups is 1. The summed E-state index contributed by atoms with van der Waals surface area (Å²) in [7, 11) is 8.77. The highest BCUT2D eigenvalue weighted by Crippen LogP contribution is 2.46. The maximum absolute atomic E-state index is 13.3. The minimum absolute atomic E-state index is 0.0301. The van der Waals surface area contributed by atoms with Gasteiger partial charge in [0.05, 0.1) is 58.9 Å². The van der Waals surface area contributed by atoms with Crippen LogP contribution in [0.5, 0.6) is 34.5 Å². The van der Waals surface area contributed by atoms with Gasteiger partial charge in [0.1, 0.15) is 0 Å². The van der Waals surface area contributed by atoms with Crippen LogP contribution in [0.4, 0.5) is 11.4 Å². The Morgan fingerprint density at radius 2 is 1.29 bits per heavy atom. The Morgan fingerprint density at radius 3 is 1.69 bits per heavy atom. The number of hydrogen-bond acceptors (Lipinski definition) is 10. The Kier molecular flexibility index (Phi) is 7.97. The standard InChI is InChI=1S/C23H24N2O9S/c1-29-14-7-12(8-15(30-2)20(14)33-5)24-23-25(22(28)18(35-23)11-19(26)27)13-9-16(31-3)21(34-6)17(10-13)32-4/h7-11H,1-6H3,(H,26,27)/b18-11-,24-23?. The van der Waals surface area contributed by atoms with E-state index in [9.17, 15) is 14.7 Å². The number of benzene rings is 2. The number of carbonyl (C=O) groups excluding carboxylic acids is 1. The Balaban J connectivity index is 2.22. The number of aliphatic carboxylic acids is 1. The van der Waals surface area contributed by atoms with Gasteiger partial charge in [0.15, 0.2) is 28.2 Å². The highest BCUT2D eigenvalue weighted by Gasteiger charge is 2.36. The molecular weight excluding hydrogens is 480 g/mol. The van der Waals surface area contributed by atoms with Gasteiger partial charge in [-0.15, -0.1) is 0 Å². The Bertz CT molecular complexity index is 1160. The molecule has 1 N–H and O–H groups in total. The summed E-state index contributed by atoms with van der Waals surface area (Å²) in [6.45, 7) is 0. The fourth-order valence-electron chi connectivity index (χ4n) is 3.33.